The SMILES string of the molecule is CC(O)c1cccc(F)c1Oc1ccc([N+](=O)[O-])cc1F. The molecule has 1 atom stereocenters. The topological polar surface area (TPSA) is 72.6 Å². The maximum absolute atomic E-state index is 13.8. The van der Waals surface area contributed by atoms with Gasteiger partial charge >= 0.3 is 0 Å². The molecule has 1 N–H and O–H groups in total. The molecular weight excluding hydrogens is 284 g/mol. The molecule has 2 aromatic carbocycles. The van der Waals surface area contributed by atoms with Crippen LogP contribution in [0.2, 0.25) is 0 Å². The van der Waals surface area contributed by atoms with Gasteiger partial charge in [0.25, 0.3) is 5.69 Å². The molecular formula is C14H11F2NO4. The Bertz CT molecular complexity index is 689. The van der Waals surface area contributed by atoms with E-state index in [4.69, 9.17) is 4.74 Å². The Morgan fingerprint density at radius 3 is 2.52 bits per heavy atom. The van der Waals surface area contributed by atoms with Crippen molar-refractivity contribution in [2.45, 2.75) is 13.0 Å². The number of halogens is 2. The molecule has 2 rings (SSSR count). The standard InChI is InChI=1S/C14H11F2NO4/c1-8(18)10-3-2-4-11(15)14(10)21-13-6-5-9(17(19)20)7-12(13)16/h2-8,18H,1H3. The second-order valence-electron chi connectivity index (χ2n) is 4.31. The molecule has 0 saturated heterocycles. The molecule has 0 aliphatic rings. The third kappa shape index (κ3) is 3.14. The molecule has 21 heavy (non-hydrogen) atoms. The van der Waals surface area contributed by atoms with Crippen LogP contribution in [0.5, 0.6) is 11.5 Å². The summed E-state index contributed by atoms with van der Waals surface area (Å²) in [6, 6.07) is 6.68. The predicted molar refractivity (Wildman–Crippen MR) is 70.2 cm³/mol. The van der Waals surface area contributed by atoms with Crippen LogP contribution in [0.15, 0.2) is 36.4 Å². The number of rotatable bonds is 4. The van der Waals surface area contributed by atoms with Gasteiger partial charge in [-0.05, 0) is 19.1 Å². The van der Waals surface area contributed by atoms with Crippen LogP contribution >= 0.6 is 0 Å². The molecule has 0 fully saturated rings. The van der Waals surface area contributed by atoms with Crippen LogP contribution in [-0.4, -0.2) is 10.0 Å². The Balaban J connectivity index is 2.41. The molecule has 0 aliphatic carbocycles. The molecule has 0 radical (unpaired) electrons. The number of hydrogen-bond donors (Lipinski definition) is 1. The van der Waals surface area contributed by atoms with E-state index in [1.165, 1.54) is 19.1 Å². The first kappa shape index (κ1) is 14.9. The Labute approximate surface area is 118 Å². The molecule has 0 heterocycles. The van der Waals surface area contributed by atoms with Gasteiger partial charge in [0.1, 0.15) is 0 Å². The molecule has 0 spiro atoms. The van der Waals surface area contributed by atoms with Crippen molar-refractivity contribution in [2.75, 3.05) is 0 Å². The monoisotopic (exact) mass is 295 g/mol. The lowest BCUT2D eigenvalue weighted by atomic mass is 10.1. The van der Waals surface area contributed by atoms with Gasteiger partial charge in [-0.1, -0.05) is 12.1 Å². The molecule has 0 amide bonds. The van der Waals surface area contributed by atoms with E-state index in [9.17, 15) is 24.0 Å². The Morgan fingerprint density at radius 2 is 1.95 bits per heavy atom. The summed E-state index contributed by atoms with van der Waals surface area (Å²) >= 11 is 0. The van der Waals surface area contributed by atoms with Crippen LogP contribution < -0.4 is 4.74 Å². The highest BCUT2D eigenvalue weighted by Crippen LogP contribution is 2.34. The largest absolute Gasteiger partial charge is 0.451 e. The van der Waals surface area contributed by atoms with Crippen molar-refractivity contribution in [1.29, 1.82) is 0 Å². The second kappa shape index (κ2) is 5.84. The molecule has 0 aromatic heterocycles. The summed E-state index contributed by atoms with van der Waals surface area (Å²) in [6.45, 7) is 1.41. The van der Waals surface area contributed by atoms with E-state index in [1.54, 1.807) is 0 Å². The first-order valence-electron chi connectivity index (χ1n) is 5.98. The molecule has 2 aromatic rings. The van der Waals surface area contributed by atoms with Crippen LogP contribution in [0.1, 0.15) is 18.6 Å². The zero-order valence-corrected chi connectivity index (χ0v) is 10.9. The zero-order chi connectivity index (χ0) is 15.6. The minimum atomic E-state index is -1.02. The third-order valence-corrected chi connectivity index (χ3v) is 2.79. The fourth-order valence-electron chi connectivity index (χ4n) is 1.76. The molecule has 0 aliphatic heterocycles. The minimum absolute atomic E-state index is 0.146. The summed E-state index contributed by atoms with van der Waals surface area (Å²) in [6.07, 6.45) is -1.02. The van der Waals surface area contributed by atoms with Crippen molar-refractivity contribution < 1.29 is 23.5 Å². The third-order valence-electron chi connectivity index (χ3n) is 2.79. The van der Waals surface area contributed by atoms with Gasteiger partial charge in [0.05, 0.1) is 17.1 Å². The fourth-order valence-corrected chi connectivity index (χ4v) is 1.76. The van der Waals surface area contributed by atoms with E-state index >= 15 is 0 Å². The second-order valence-corrected chi connectivity index (χ2v) is 4.31. The minimum Gasteiger partial charge on any atom is -0.451 e. The Hall–Kier alpha value is -2.54. The number of para-hydroxylation sites is 1. The molecule has 7 heteroatoms. The Morgan fingerprint density at radius 1 is 1.24 bits per heavy atom. The predicted octanol–water partition coefficient (Wildman–Crippen LogP) is 3.72. The first-order valence-corrected chi connectivity index (χ1v) is 5.98. The van der Waals surface area contributed by atoms with Gasteiger partial charge in [-0.15, -0.1) is 0 Å². The van der Waals surface area contributed by atoms with Crippen LogP contribution in [0.4, 0.5) is 14.5 Å². The highest BCUT2D eigenvalue weighted by Gasteiger charge is 2.18. The quantitative estimate of drug-likeness (QED) is 0.689. The summed E-state index contributed by atoms with van der Waals surface area (Å²) < 4.78 is 32.6. The smallest absolute Gasteiger partial charge is 0.272 e. The van der Waals surface area contributed by atoms with Gasteiger partial charge in [-0.3, -0.25) is 10.1 Å². The number of hydrogen-bond acceptors (Lipinski definition) is 4. The number of ether oxygens (including phenoxy) is 1. The van der Waals surface area contributed by atoms with Gasteiger partial charge in [-0.2, -0.15) is 0 Å². The van der Waals surface area contributed by atoms with E-state index in [2.05, 4.69) is 0 Å². The van der Waals surface area contributed by atoms with Gasteiger partial charge in [0.15, 0.2) is 23.1 Å². The van der Waals surface area contributed by atoms with Crippen LogP contribution in [-0.2, 0) is 0 Å². The van der Waals surface area contributed by atoms with E-state index in [0.717, 1.165) is 18.2 Å². The van der Waals surface area contributed by atoms with Crippen molar-refractivity contribution in [2.24, 2.45) is 0 Å². The van der Waals surface area contributed by atoms with Gasteiger partial charge in [-0.25, -0.2) is 8.78 Å². The summed E-state index contributed by atoms with van der Waals surface area (Å²) in [5, 5.41) is 20.1. The van der Waals surface area contributed by atoms with Gasteiger partial charge in [0.2, 0.25) is 0 Å². The lowest BCUT2D eigenvalue weighted by Crippen LogP contribution is -2.00. The van der Waals surface area contributed by atoms with Gasteiger partial charge < -0.3 is 9.84 Å². The number of nitro groups is 1. The highest BCUT2D eigenvalue weighted by molar-refractivity contribution is 5.43. The molecule has 110 valence electrons. The number of nitrogens with zero attached hydrogens (tertiary/aromatic N) is 1. The number of benzene rings is 2. The van der Waals surface area contributed by atoms with E-state index in [1.807, 2.05) is 0 Å². The number of nitro benzene ring substituents is 1. The van der Waals surface area contributed by atoms with E-state index < -0.39 is 28.3 Å². The Kier molecular flexibility index (Phi) is 4.13. The van der Waals surface area contributed by atoms with Gasteiger partial charge in [0, 0.05) is 11.6 Å². The van der Waals surface area contributed by atoms with Crippen molar-refractivity contribution in [3.63, 3.8) is 0 Å². The van der Waals surface area contributed by atoms with E-state index in [0.29, 0.717) is 6.07 Å². The maximum Gasteiger partial charge on any atom is 0.272 e. The van der Waals surface area contributed by atoms with Crippen molar-refractivity contribution in [1.82, 2.24) is 0 Å². The first-order chi connectivity index (χ1) is 9.90. The van der Waals surface area contributed by atoms with Crippen molar-refractivity contribution >= 4 is 5.69 Å². The zero-order valence-electron chi connectivity index (χ0n) is 10.9. The highest BCUT2D eigenvalue weighted by atomic mass is 19.1. The normalized spacial score (nSPS) is 12.0. The molecule has 5 nitrogen and oxygen atoms in total. The maximum atomic E-state index is 13.8. The number of aliphatic hydroxyl groups excluding tert-OH is 1. The number of non-ortho nitro benzene ring substituents is 1. The van der Waals surface area contributed by atoms with E-state index in [-0.39, 0.29) is 17.1 Å². The van der Waals surface area contributed by atoms with Crippen LogP contribution in [0.25, 0.3) is 0 Å². The fraction of sp³-hybridized carbons (Fsp3) is 0.143. The van der Waals surface area contributed by atoms with Crippen molar-refractivity contribution in [3.05, 3.63) is 63.7 Å². The summed E-state index contributed by atoms with van der Waals surface area (Å²) in [4.78, 5) is 9.77. The summed E-state index contributed by atoms with van der Waals surface area (Å²) in [5.41, 5.74) is -0.295. The molecule has 0 saturated carbocycles. The number of aliphatic hydroxyl groups is 1. The van der Waals surface area contributed by atoms with Crippen LogP contribution in [0.3, 0.4) is 0 Å². The summed E-state index contributed by atoms with van der Waals surface area (Å²) in [7, 11) is 0. The average Bonchev–Trinajstić information content (AvgIpc) is 2.42. The van der Waals surface area contributed by atoms with Crippen LogP contribution in [0, 0.1) is 21.7 Å². The van der Waals surface area contributed by atoms with Crippen molar-refractivity contribution in [3.8, 4) is 11.5 Å². The average molecular weight is 295 g/mol. The molecule has 1 unspecified atom stereocenters. The molecule has 0 bridgehead atoms. The summed E-state index contributed by atoms with van der Waals surface area (Å²) in [5.74, 6) is -2.46. The lowest BCUT2D eigenvalue weighted by Gasteiger charge is -2.14. The lowest BCUT2D eigenvalue weighted by molar-refractivity contribution is -0.385.